The van der Waals surface area contributed by atoms with Crippen molar-refractivity contribution in [1.29, 1.82) is 0 Å². The van der Waals surface area contributed by atoms with Gasteiger partial charge in [-0.25, -0.2) is 0 Å². The van der Waals surface area contributed by atoms with Gasteiger partial charge in [0.05, 0.1) is 6.61 Å². The van der Waals surface area contributed by atoms with Gasteiger partial charge in [-0.1, -0.05) is 0 Å². The fraction of sp³-hybridized carbons (Fsp3) is 0.200. The Bertz CT molecular complexity index is 696. The second-order valence-corrected chi connectivity index (χ2v) is 5.48. The van der Waals surface area contributed by atoms with Gasteiger partial charge in [0.15, 0.2) is 10.4 Å². The maximum Gasteiger partial charge on any atom is 0.291 e. The van der Waals surface area contributed by atoms with E-state index in [-0.39, 0.29) is 24.2 Å². The van der Waals surface area contributed by atoms with Gasteiger partial charge in [-0.3, -0.25) is 9.59 Å². The Morgan fingerprint density at radius 3 is 2.59 bits per heavy atom. The average molecular weight is 365 g/mol. The minimum Gasteiger partial charge on any atom is -0.444 e. The lowest BCUT2D eigenvalue weighted by atomic mass is 10.2. The van der Waals surface area contributed by atoms with E-state index < -0.39 is 0 Å². The molecule has 22 heavy (non-hydrogen) atoms. The monoisotopic (exact) mass is 364 g/mol. The number of halogens is 1. The van der Waals surface area contributed by atoms with Crippen LogP contribution in [0.1, 0.15) is 10.6 Å². The number of carbonyl (C=O) groups excluding carboxylic acids is 2. The number of nitrogens with zero attached hydrogens (tertiary/aromatic N) is 1. The third-order valence-electron chi connectivity index (χ3n) is 3.22. The molecule has 1 aromatic heterocycles. The number of furan rings is 1. The SMILES string of the molecule is O=C(Nc1ccc(N2CCOCC2=O)cc1)c1ccc(Br)o1. The van der Waals surface area contributed by atoms with Crippen LogP contribution in [0.4, 0.5) is 11.4 Å². The van der Waals surface area contributed by atoms with Crippen molar-refractivity contribution in [2.75, 3.05) is 30.0 Å². The molecule has 1 fully saturated rings. The lowest BCUT2D eigenvalue weighted by molar-refractivity contribution is -0.125. The first kappa shape index (κ1) is 14.8. The number of amides is 2. The largest absolute Gasteiger partial charge is 0.444 e. The number of hydrogen-bond acceptors (Lipinski definition) is 4. The van der Waals surface area contributed by atoms with Gasteiger partial charge in [0.25, 0.3) is 11.8 Å². The van der Waals surface area contributed by atoms with Crippen LogP contribution in [-0.2, 0) is 9.53 Å². The van der Waals surface area contributed by atoms with E-state index in [1.54, 1.807) is 41.3 Å². The highest BCUT2D eigenvalue weighted by atomic mass is 79.9. The van der Waals surface area contributed by atoms with Crippen LogP contribution in [0.15, 0.2) is 45.5 Å². The van der Waals surface area contributed by atoms with E-state index in [4.69, 9.17) is 9.15 Å². The van der Waals surface area contributed by atoms with Crippen molar-refractivity contribution in [3.63, 3.8) is 0 Å². The van der Waals surface area contributed by atoms with Crippen molar-refractivity contribution in [2.24, 2.45) is 0 Å². The number of anilines is 2. The molecule has 3 rings (SSSR count). The first-order valence-corrected chi connectivity index (χ1v) is 7.47. The predicted octanol–water partition coefficient (Wildman–Crippen LogP) is 2.66. The summed E-state index contributed by atoms with van der Waals surface area (Å²) in [5, 5.41) is 2.73. The van der Waals surface area contributed by atoms with Crippen LogP contribution < -0.4 is 10.2 Å². The highest BCUT2D eigenvalue weighted by Gasteiger charge is 2.20. The normalized spacial score (nSPS) is 15.0. The van der Waals surface area contributed by atoms with Crippen molar-refractivity contribution in [2.45, 2.75) is 0 Å². The molecule has 2 heterocycles. The van der Waals surface area contributed by atoms with E-state index in [0.717, 1.165) is 5.69 Å². The Morgan fingerprint density at radius 1 is 1.18 bits per heavy atom. The molecule has 2 amide bonds. The Morgan fingerprint density at radius 2 is 1.95 bits per heavy atom. The summed E-state index contributed by atoms with van der Waals surface area (Å²) in [5.41, 5.74) is 1.41. The third kappa shape index (κ3) is 3.20. The minimum absolute atomic E-state index is 0.0662. The van der Waals surface area contributed by atoms with E-state index >= 15 is 0 Å². The van der Waals surface area contributed by atoms with Gasteiger partial charge in [-0.15, -0.1) is 0 Å². The summed E-state index contributed by atoms with van der Waals surface area (Å²) in [7, 11) is 0. The smallest absolute Gasteiger partial charge is 0.291 e. The van der Waals surface area contributed by atoms with E-state index in [0.29, 0.717) is 23.5 Å². The van der Waals surface area contributed by atoms with Crippen molar-refractivity contribution >= 4 is 39.1 Å². The van der Waals surface area contributed by atoms with Crippen molar-refractivity contribution < 1.29 is 18.7 Å². The lowest BCUT2D eigenvalue weighted by Gasteiger charge is -2.26. The standard InChI is InChI=1S/C15H13BrN2O4/c16-13-6-5-12(22-13)15(20)17-10-1-3-11(4-2-10)18-7-8-21-9-14(18)19/h1-6H,7-9H2,(H,17,20). The van der Waals surface area contributed by atoms with E-state index in [1.807, 2.05) is 0 Å². The van der Waals surface area contributed by atoms with Crippen molar-refractivity contribution in [3.05, 3.63) is 46.8 Å². The zero-order valence-corrected chi connectivity index (χ0v) is 13.1. The summed E-state index contributed by atoms with van der Waals surface area (Å²) in [6, 6.07) is 10.3. The molecule has 0 spiro atoms. The van der Waals surface area contributed by atoms with Gasteiger partial charge in [-0.05, 0) is 52.3 Å². The molecular weight excluding hydrogens is 352 g/mol. The molecule has 114 valence electrons. The Kier molecular flexibility index (Phi) is 4.26. The Hall–Kier alpha value is -2.12. The first-order chi connectivity index (χ1) is 10.6. The van der Waals surface area contributed by atoms with Crippen LogP contribution in [0.3, 0.4) is 0 Å². The van der Waals surface area contributed by atoms with Gasteiger partial charge in [0, 0.05) is 17.9 Å². The molecule has 0 atom stereocenters. The number of ether oxygens (including phenoxy) is 1. The molecule has 1 N–H and O–H groups in total. The van der Waals surface area contributed by atoms with Crippen molar-refractivity contribution in [1.82, 2.24) is 0 Å². The molecule has 0 radical (unpaired) electrons. The topological polar surface area (TPSA) is 71.8 Å². The molecule has 6 nitrogen and oxygen atoms in total. The summed E-state index contributed by atoms with van der Waals surface area (Å²) in [4.78, 5) is 25.4. The molecule has 0 aliphatic carbocycles. The van der Waals surface area contributed by atoms with Gasteiger partial charge >= 0.3 is 0 Å². The molecule has 1 saturated heterocycles. The van der Waals surface area contributed by atoms with E-state index in [9.17, 15) is 9.59 Å². The second-order valence-electron chi connectivity index (χ2n) is 4.70. The average Bonchev–Trinajstić information content (AvgIpc) is 2.95. The van der Waals surface area contributed by atoms with Gasteiger partial charge in [0.2, 0.25) is 0 Å². The predicted molar refractivity (Wildman–Crippen MR) is 84.0 cm³/mol. The summed E-state index contributed by atoms with van der Waals surface area (Å²) < 4.78 is 10.8. The fourth-order valence-electron chi connectivity index (χ4n) is 2.14. The van der Waals surface area contributed by atoms with E-state index in [2.05, 4.69) is 21.2 Å². The number of morpholine rings is 1. The Balaban J connectivity index is 1.69. The number of carbonyl (C=O) groups is 2. The molecule has 1 aliphatic rings. The minimum atomic E-state index is -0.333. The van der Waals surface area contributed by atoms with Gasteiger partial charge < -0.3 is 19.4 Å². The van der Waals surface area contributed by atoms with Crippen LogP contribution in [0, 0.1) is 0 Å². The summed E-state index contributed by atoms with van der Waals surface area (Å²) in [5.74, 6) is -0.177. The Labute approximate surface area is 135 Å². The summed E-state index contributed by atoms with van der Waals surface area (Å²) in [6.07, 6.45) is 0. The maximum absolute atomic E-state index is 12.0. The molecule has 2 aromatic rings. The van der Waals surface area contributed by atoms with Crippen LogP contribution in [0.2, 0.25) is 0 Å². The third-order valence-corrected chi connectivity index (χ3v) is 3.65. The maximum atomic E-state index is 12.0. The van der Waals surface area contributed by atoms with Crippen LogP contribution >= 0.6 is 15.9 Å². The lowest BCUT2D eigenvalue weighted by Crippen LogP contribution is -2.41. The quantitative estimate of drug-likeness (QED) is 0.908. The molecule has 7 heteroatoms. The molecule has 1 aliphatic heterocycles. The molecule has 1 aromatic carbocycles. The number of benzene rings is 1. The van der Waals surface area contributed by atoms with Crippen LogP contribution in [0.5, 0.6) is 0 Å². The molecule has 0 unspecified atom stereocenters. The summed E-state index contributed by atoms with van der Waals surface area (Å²) in [6.45, 7) is 1.16. The zero-order chi connectivity index (χ0) is 15.5. The zero-order valence-electron chi connectivity index (χ0n) is 11.5. The second kappa shape index (κ2) is 6.33. The molecule has 0 bridgehead atoms. The number of nitrogens with one attached hydrogen (secondary N) is 1. The number of hydrogen-bond donors (Lipinski definition) is 1. The molecule has 0 saturated carbocycles. The summed E-state index contributed by atoms with van der Waals surface area (Å²) >= 11 is 3.15. The first-order valence-electron chi connectivity index (χ1n) is 6.68. The van der Waals surface area contributed by atoms with Gasteiger partial charge in [0.1, 0.15) is 6.61 Å². The van der Waals surface area contributed by atoms with Gasteiger partial charge in [-0.2, -0.15) is 0 Å². The fourth-order valence-corrected chi connectivity index (χ4v) is 2.45. The number of rotatable bonds is 3. The van der Waals surface area contributed by atoms with Crippen LogP contribution in [0.25, 0.3) is 0 Å². The van der Waals surface area contributed by atoms with E-state index in [1.165, 1.54) is 0 Å². The highest BCUT2D eigenvalue weighted by molar-refractivity contribution is 9.10. The van der Waals surface area contributed by atoms with Crippen LogP contribution in [-0.4, -0.2) is 31.6 Å². The van der Waals surface area contributed by atoms with Crippen molar-refractivity contribution in [3.8, 4) is 0 Å². The highest BCUT2D eigenvalue weighted by Crippen LogP contribution is 2.21. The molecular formula is C15H13BrN2O4.